The first kappa shape index (κ1) is 29.9. The normalized spacial score (nSPS) is 37.5. The lowest BCUT2D eigenvalue weighted by Gasteiger charge is -2.61. The maximum atomic E-state index is 13.1. The van der Waals surface area contributed by atoms with Crippen LogP contribution in [0.2, 0.25) is 0 Å². The molecule has 5 nitrogen and oxygen atoms in total. The number of hydrogen-bond donors (Lipinski definition) is 2. The van der Waals surface area contributed by atoms with Crippen molar-refractivity contribution in [2.24, 2.45) is 40.4 Å². The Balaban J connectivity index is 1.50. The van der Waals surface area contributed by atoms with E-state index in [1.807, 2.05) is 24.3 Å². The fourth-order valence-electron chi connectivity index (χ4n) is 9.95. The minimum Gasteiger partial charge on any atom is -0.481 e. The molecule has 0 saturated heterocycles. The Morgan fingerprint density at radius 2 is 1.73 bits per heavy atom. The van der Waals surface area contributed by atoms with Crippen LogP contribution >= 0.6 is 23.2 Å². The highest BCUT2D eigenvalue weighted by Gasteiger charge is 2.62. The van der Waals surface area contributed by atoms with Gasteiger partial charge in [-0.1, -0.05) is 37.6 Å². The van der Waals surface area contributed by atoms with Crippen molar-refractivity contribution in [3.63, 3.8) is 0 Å². The number of alkyl halides is 2. The zero-order valence-electron chi connectivity index (χ0n) is 24.1. The molecule has 7 heteroatoms. The van der Waals surface area contributed by atoms with Gasteiger partial charge >= 0.3 is 5.97 Å². The number of aliphatic hydroxyl groups is 1. The van der Waals surface area contributed by atoms with Crippen molar-refractivity contribution >= 4 is 40.6 Å². The fourth-order valence-corrected chi connectivity index (χ4v) is 10.4. The number of allylic oxidation sites excluding steroid dienone is 1. The molecule has 9 atom stereocenters. The minimum atomic E-state index is -0.828. The van der Waals surface area contributed by atoms with Crippen molar-refractivity contribution in [1.82, 2.24) is 0 Å². The van der Waals surface area contributed by atoms with E-state index >= 15 is 0 Å². The van der Waals surface area contributed by atoms with Gasteiger partial charge < -0.3 is 15.1 Å². The van der Waals surface area contributed by atoms with Gasteiger partial charge in [-0.05, 0) is 104 Å². The molecule has 0 bridgehead atoms. The monoisotopic (exact) mass is 589 g/mol. The largest absolute Gasteiger partial charge is 0.481 e. The number of anilines is 1. The van der Waals surface area contributed by atoms with Gasteiger partial charge in [-0.3, -0.25) is 9.59 Å². The second-order valence-electron chi connectivity index (χ2n) is 13.4. The van der Waals surface area contributed by atoms with Crippen LogP contribution in [-0.4, -0.2) is 52.9 Å². The van der Waals surface area contributed by atoms with E-state index in [0.717, 1.165) is 43.4 Å². The minimum absolute atomic E-state index is 0.0400. The molecule has 0 aliphatic heterocycles. The van der Waals surface area contributed by atoms with Crippen molar-refractivity contribution in [2.75, 3.05) is 29.7 Å². The van der Waals surface area contributed by atoms with Crippen LogP contribution in [-0.2, 0) is 9.59 Å². The lowest BCUT2D eigenvalue weighted by molar-refractivity contribution is -0.146. The van der Waals surface area contributed by atoms with Crippen LogP contribution in [0.1, 0.15) is 77.2 Å². The molecule has 3 saturated carbocycles. The maximum Gasteiger partial charge on any atom is 0.311 e. The summed E-state index contributed by atoms with van der Waals surface area (Å²) in [5.74, 6) is 0.976. The molecule has 1 aromatic carbocycles. The molecule has 220 valence electrons. The Labute approximate surface area is 249 Å². The summed E-state index contributed by atoms with van der Waals surface area (Å²) in [7, 11) is 0. The van der Waals surface area contributed by atoms with Crippen LogP contribution in [0.3, 0.4) is 0 Å². The molecular formula is C33H45Cl2NO4. The highest BCUT2D eigenvalue weighted by atomic mass is 35.5. The molecule has 3 unspecified atom stereocenters. The summed E-state index contributed by atoms with van der Waals surface area (Å²) < 4.78 is 0. The van der Waals surface area contributed by atoms with E-state index < -0.39 is 18.0 Å². The predicted molar refractivity (Wildman–Crippen MR) is 161 cm³/mol. The molecule has 4 aliphatic rings. The van der Waals surface area contributed by atoms with Crippen LogP contribution in [0.5, 0.6) is 0 Å². The summed E-state index contributed by atoms with van der Waals surface area (Å²) in [5, 5.41) is 21.7. The molecule has 0 heterocycles. The van der Waals surface area contributed by atoms with Crippen LogP contribution in [0, 0.1) is 40.4 Å². The Bertz CT molecular complexity index is 1130. The standard InChI is InChI=1S/C33H45Cl2NO4/c1-20(37)26-10-11-27-25-9-6-22-18-24(38)19-29(33(22,3)28(25)12-13-32(26,27)2)30(31(39)40)21-4-7-23(8-5-21)36(16-14-34)17-15-35/h4-8,24-30,38H,9-19H2,1-3H3,(H,39,40)/t24?,25-,26+,27-,28-,29?,30?,32+,33-/m0/s1. The van der Waals surface area contributed by atoms with Crippen LogP contribution in [0.25, 0.3) is 0 Å². The molecule has 1 aromatic rings. The van der Waals surface area contributed by atoms with Gasteiger partial charge in [-0.2, -0.15) is 0 Å². The maximum absolute atomic E-state index is 13.1. The van der Waals surface area contributed by atoms with Gasteiger partial charge in [-0.15, -0.1) is 23.2 Å². The van der Waals surface area contributed by atoms with Crippen molar-refractivity contribution in [3.8, 4) is 0 Å². The fraction of sp³-hybridized carbons (Fsp3) is 0.697. The van der Waals surface area contributed by atoms with Gasteiger partial charge in [0.25, 0.3) is 0 Å². The van der Waals surface area contributed by atoms with Crippen LogP contribution < -0.4 is 4.90 Å². The first-order valence-corrected chi connectivity index (χ1v) is 16.2. The van der Waals surface area contributed by atoms with Gasteiger partial charge in [0.15, 0.2) is 0 Å². The van der Waals surface area contributed by atoms with Crippen LogP contribution in [0.4, 0.5) is 5.69 Å². The number of carbonyl (C=O) groups is 2. The molecule has 0 spiro atoms. The summed E-state index contributed by atoms with van der Waals surface area (Å²) >= 11 is 12.0. The first-order chi connectivity index (χ1) is 19.1. The number of hydrogen-bond acceptors (Lipinski definition) is 4. The lowest BCUT2D eigenvalue weighted by atomic mass is 9.43. The van der Waals surface area contributed by atoms with Crippen molar-refractivity contribution < 1.29 is 19.8 Å². The number of fused-ring (bicyclic) bond motifs is 5. The Morgan fingerprint density at radius 1 is 1.05 bits per heavy atom. The smallest absolute Gasteiger partial charge is 0.311 e. The Hall–Kier alpha value is -1.56. The van der Waals surface area contributed by atoms with Crippen LogP contribution in [0.15, 0.2) is 35.9 Å². The van der Waals surface area contributed by atoms with Gasteiger partial charge in [0.2, 0.25) is 0 Å². The number of nitrogens with zero attached hydrogens (tertiary/aromatic N) is 1. The number of carbonyl (C=O) groups excluding carboxylic acids is 1. The quantitative estimate of drug-likeness (QED) is 0.242. The zero-order chi connectivity index (χ0) is 28.8. The van der Waals surface area contributed by atoms with E-state index in [2.05, 4.69) is 24.8 Å². The summed E-state index contributed by atoms with van der Waals surface area (Å²) in [6.45, 7) is 7.75. The third-order valence-electron chi connectivity index (χ3n) is 11.8. The Kier molecular flexibility index (Phi) is 8.68. The molecule has 2 N–H and O–H groups in total. The molecule has 5 rings (SSSR count). The average molecular weight is 591 g/mol. The highest BCUT2D eigenvalue weighted by molar-refractivity contribution is 6.18. The third kappa shape index (κ3) is 4.92. The number of aliphatic carboxylic acids is 1. The van der Waals surface area contributed by atoms with E-state index in [1.54, 1.807) is 6.92 Å². The average Bonchev–Trinajstić information content (AvgIpc) is 3.27. The zero-order valence-corrected chi connectivity index (χ0v) is 25.6. The number of rotatable bonds is 9. The summed E-state index contributed by atoms with van der Waals surface area (Å²) in [5.41, 5.74) is 2.75. The SMILES string of the molecule is CC(=O)[C@H]1CC[C@H]2[C@@H]3CC=C4CC(O)CC(C(C(=O)O)c5ccc(N(CCCl)CCCl)cc5)[C@]4(C)[C@H]3CC[C@]12C. The molecule has 0 radical (unpaired) electrons. The predicted octanol–water partition coefficient (Wildman–Crippen LogP) is 6.89. The second kappa shape index (κ2) is 11.6. The van der Waals surface area contributed by atoms with Gasteiger partial charge in [0.1, 0.15) is 5.78 Å². The number of aliphatic hydroxyl groups excluding tert-OH is 1. The van der Waals surface area contributed by atoms with E-state index in [1.165, 1.54) is 5.57 Å². The number of carboxylic acids is 1. The summed E-state index contributed by atoms with van der Waals surface area (Å²) in [6.07, 6.45) is 7.99. The van der Waals surface area contributed by atoms with Gasteiger partial charge in [-0.25, -0.2) is 0 Å². The molecule has 3 fully saturated rings. The van der Waals surface area contributed by atoms with Crippen molar-refractivity contribution in [2.45, 2.75) is 77.7 Å². The molecule has 40 heavy (non-hydrogen) atoms. The lowest BCUT2D eigenvalue weighted by Crippen LogP contribution is -2.55. The van der Waals surface area contributed by atoms with E-state index in [-0.39, 0.29) is 22.7 Å². The first-order valence-electron chi connectivity index (χ1n) is 15.1. The highest BCUT2D eigenvalue weighted by Crippen LogP contribution is 2.68. The number of Topliss-reactive ketones (excluding diaryl/α,β-unsaturated/α-hetero) is 1. The van der Waals surface area contributed by atoms with Gasteiger partial charge in [0.05, 0.1) is 12.0 Å². The molecule has 0 amide bonds. The molecular weight excluding hydrogens is 545 g/mol. The third-order valence-corrected chi connectivity index (χ3v) is 12.1. The number of benzene rings is 1. The van der Waals surface area contributed by atoms with E-state index in [4.69, 9.17) is 23.2 Å². The number of carboxylic acid groups (broad SMARTS) is 1. The van der Waals surface area contributed by atoms with Crippen molar-refractivity contribution in [1.29, 1.82) is 0 Å². The molecule has 4 aliphatic carbocycles. The topological polar surface area (TPSA) is 77.8 Å². The van der Waals surface area contributed by atoms with E-state index in [9.17, 15) is 19.8 Å². The van der Waals surface area contributed by atoms with Gasteiger partial charge in [0, 0.05) is 36.5 Å². The van der Waals surface area contributed by atoms with E-state index in [0.29, 0.717) is 61.2 Å². The second-order valence-corrected chi connectivity index (χ2v) is 14.1. The van der Waals surface area contributed by atoms with Crippen molar-refractivity contribution in [3.05, 3.63) is 41.5 Å². The summed E-state index contributed by atoms with van der Waals surface area (Å²) in [6, 6.07) is 7.87. The Morgan fingerprint density at radius 3 is 2.33 bits per heavy atom. The summed E-state index contributed by atoms with van der Waals surface area (Å²) in [4.78, 5) is 27.8. The molecule has 0 aromatic heterocycles. The number of ketones is 1. The number of halogens is 2.